The van der Waals surface area contributed by atoms with E-state index >= 15 is 0 Å². The molecule has 2 heterocycles. The van der Waals surface area contributed by atoms with E-state index in [1.54, 1.807) is 18.5 Å². The lowest BCUT2D eigenvalue weighted by Gasteiger charge is -2.22. The predicted molar refractivity (Wildman–Crippen MR) is 115 cm³/mol. The molecule has 0 spiro atoms. The number of imidazole rings is 1. The van der Waals surface area contributed by atoms with Crippen molar-refractivity contribution in [3.05, 3.63) is 64.6 Å². The number of anilines is 1. The molecule has 2 aromatic heterocycles. The Bertz CT molecular complexity index is 1310. The Labute approximate surface area is 172 Å². The van der Waals surface area contributed by atoms with Gasteiger partial charge in [0.25, 0.3) is 0 Å². The maximum absolute atomic E-state index is 12.9. The number of para-hydroxylation sites is 1. The minimum atomic E-state index is -0.405. The van der Waals surface area contributed by atoms with Gasteiger partial charge in [0.2, 0.25) is 0 Å². The van der Waals surface area contributed by atoms with E-state index in [-0.39, 0.29) is 28.3 Å². The standard InChI is InChI=1S/C22H20N5O3/c1-22(2,3)15-9-4-5-10-16(15)27-20-17(24-21(27)30)19(23-12-28)25-18(26-20)13-7-6-8-14(29)11-13/h4-11,29H,1-3H3,(H,24,30)(H,23,25,26,28). The number of phenols is 1. The molecule has 2 aromatic carbocycles. The molecule has 0 saturated carbocycles. The highest BCUT2D eigenvalue weighted by atomic mass is 16.3. The van der Waals surface area contributed by atoms with Crippen LogP contribution in [0.25, 0.3) is 28.2 Å². The molecule has 0 saturated heterocycles. The fourth-order valence-electron chi connectivity index (χ4n) is 3.42. The van der Waals surface area contributed by atoms with Gasteiger partial charge >= 0.3 is 12.1 Å². The maximum atomic E-state index is 12.9. The van der Waals surface area contributed by atoms with Gasteiger partial charge in [-0.25, -0.2) is 19.3 Å². The third kappa shape index (κ3) is 3.32. The minimum absolute atomic E-state index is 0.0530. The summed E-state index contributed by atoms with van der Waals surface area (Å²) in [6, 6.07) is 14.0. The van der Waals surface area contributed by atoms with E-state index in [0.29, 0.717) is 16.9 Å². The first-order valence-corrected chi connectivity index (χ1v) is 9.35. The number of aromatic amines is 1. The first-order valence-electron chi connectivity index (χ1n) is 9.35. The number of H-pyrrole nitrogens is 1. The Morgan fingerprint density at radius 1 is 1.10 bits per heavy atom. The zero-order chi connectivity index (χ0) is 21.5. The number of amides is 1. The summed E-state index contributed by atoms with van der Waals surface area (Å²) in [7, 11) is 0. The van der Waals surface area contributed by atoms with Crippen LogP contribution in [0.1, 0.15) is 26.3 Å². The molecule has 4 rings (SSSR count). The first-order chi connectivity index (χ1) is 14.3. The number of rotatable bonds is 4. The molecule has 8 nitrogen and oxygen atoms in total. The predicted octanol–water partition coefficient (Wildman–Crippen LogP) is 3.26. The van der Waals surface area contributed by atoms with Crippen LogP contribution in [0.4, 0.5) is 5.82 Å². The lowest BCUT2D eigenvalue weighted by Crippen LogP contribution is -2.21. The molecule has 4 aromatic rings. The molecule has 0 atom stereocenters. The fourth-order valence-corrected chi connectivity index (χ4v) is 3.42. The van der Waals surface area contributed by atoms with E-state index in [4.69, 9.17) is 0 Å². The molecule has 1 amide bonds. The SMILES string of the molecule is CC(C)(C)c1ccccc1-n1c(=O)[nH]c2c(N[C]=O)nc(-c3cccc(O)c3)nc21. The second-order valence-electron chi connectivity index (χ2n) is 7.90. The van der Waals surface area contributed by atoms with Crippen LogP contribution in [0.2, 0.25) is 0 Å². The highest BCUT2D eigenvalue weighted by Gasteiger charge is 2.23. The zero-order valence-electron chi connectivity index (χ0n) is 16.7. The van der Waals surface area contributed by atoms with E-state index in [1.165, 1.54) is 16.7 Å². The van der Waals surface area contributed by atoms with E-state index < -0.39 is 5.69 Å². The van der Waals surface area contributed by atoms with E-state index in [2.05, 4.69) is 41.0 Å². The number of benzene rings is 2. The summed E-state index contributed by atoms with van der Waals surface area (Å²) < 4.78 is 1.47. The van der Waals surface area contributed by atoms with Crippen LogP contribution in [0.15, 0.2) is 53.3 Å². The van der Waals surface area contributed by atoms with Crippen molar-refractivity contribution in [3.63, 3.8) is 0 Å². The number of phenolic OH excluding ortho intramolecular Hbond substituents is 1. The summed E-state index contributed by atoms with van der Waals surface area (Å²) in [4.78, 5) is 35.7. The topological polar surface area (TPSA) is 113 Å². The second kappa shape index (κ2) is 7.14. The van der Waals surface area contributed by atoms with Gasteiger partial charge in [0.1, 0.15) is 11.3 Å². The number of aromatic nitrogens is 4. The van der Waals surface area contributed by atoms with Gasteiger partial charge in [0, 0.05) is 5.56 Å². The van der Waals surface area contributed by atoms with Crippen molar-refractivity contribution in [2.45, 2.75) is 26.2 Å². The molecule has 0 aliphatic carbocycles. The van der Waals surface area contributed by atoms with Crippen LogP contribution in [-0.4, -0.2) is 31.0 Å². The maximum Gasteiger partial charge on any atom is 0.332 e. The molecule has 3 N–H and O–H groups in total. The summed E-state index contributed by atoms with van der Waals surface area (Å²) in [5, 5.41) is 12.2. The van der Waals surface area contributed by atoms with Gasteiger partial charge in [-0.05, 0) is 29.2 Å². The van der Waals surface area contributed by atoms with Crippen molar-refractivity contribution in [2.75, 3.05) is 5.32 Å². The van der Waals surface area contributed by atoms with Crippen LogP contribution >= 0.6 is 0 Å². The zero-order valence-corrected chi connectivity index (χ0v) is 16.7. The molecule has 30 heavy (non-hydrogen) atoms. The summed E-state index contributed by atoms with van der Waals surface area (Å²) in [6.07, 6.45) is 1.60. The number of hydrogen-bond acceptors (Lipinski definition) is 5. The Morgan fingerprint density at radius 2 is 1.87 bits per heavy atom. The molecule has 8 heteroatoms. The van der Waals surface area contributed by atoms with Crippen molar-refractivity contribution in [2.24, 2.45) is 0 Å². The van der Waals surface area contributed by atoms with Crippen molar-refractivity contribution < 1.29 is 9.90 Å². The van der Waals surface area contributed by atoms with Gasteiger partial charge < -0.3 is 15.4 Å². The van der Waals surface area contributed by atoms with Crippen LogP contribution in [0.5, 0.6) is 5.75 Å². The Morgan fingerprint density at radius 3 is 2.57 bits per heavy atom. The highest BCUT2D eigenvalue weighted by Crippen LogP contribution is 2.31. The van der Waals surface area contributed by atoms with Gasteiger partial charge in [0.15, 0.2) is 17.3 Å². The molecule has 0 aliphatic heterocycles. The van der Waals surface area contributed by atoms with Crippen LogP contribution in [0, 0.1) is 0 Å². The van der Waals surface area contributed by atoms with Crippen molar-refractivity contribution in [1.82, 2.24) is 19.5 Å². The average Bonchev–Trinajstić information content (AvgIpc) is 3.03. The van der Waals surface area contributed by atoms with Crippen LogP contribution in [-0.2, 0) is 10.2 Å². The van der Waals surface area contributed by atoms with E-state index in [1.807, 2.05) is 24.3 Å². The Kier molecular flexibility index (Phi) is 4.62. The van der Waals surface area contributed by atoms with Crippen molar-refractivity contribution in [3.8, 4) is 22.8 Å². The number of fused-ring (bicyclic) bond motifs is 1. The van der Waals surface area contributed by atoms with Crippen LogP contribution in [0.3, 0.4) is 0 Å². The third-order valence-electron chi connectivity index (χ3n) is 4.76. The molecule has 0 aliphatic rings. The molecular formula is C22H20N5O3. The average molecular weight is 402 g/mol. The summed E-state index contributed by atoms with van der Waals surface area (Å²) >= 11 is 0. The highest BCUT2D eigenvalue weighted by molar-refractivity contribution is 5.91. The number of aromatic hydroxyl groups is 1. The van der Waals surface area contributed by atoms with Gasteiger partial charge in [-0.1, -0.05) is 51.1 Å². The van der Waals surface area contributed by atoms with Crippen LogP contribution < -0.4 is 11.0 Å². The summed E-state index contributed by atoms with van der Waals surface area (Å²) in [5.41, 5.74) is 2.15. The lowest BCUT2D eigenvalue weighted by molar-refractivity contribution is 0.475. The number of hydrogen-bond donors (Lipinski definition) is 3. The molecular weight excluding hydrogens is 382 g/mol. The lowest BCUT2D eigenvalue weighted by atomic mass is 9.86. The quantitative estimate of drug-likeness (QED) is 0.454. The van der Waals surface area contributed by atoms with Gasteiger partial charge in [-0.15, -0.1) is 0 Å². The molecule has 0 fully saturated rings. The van der Waals surface area contributed by atoms with Crippen molar-refractivity contribution in [1.29, 1.82) is 0 Å². The molecule has 1 radical (unpaired) electrons. The summed E-state index contributed by atoms with van der Waals surface area (Å²) in [6.45, 7) is 6.19. The number of nitrogens with one attached hydrogen (secondary N) is 2. The Balaban J connectivity index is 2.07. The van der Waals surface area contributed by atoms with E-state index in [9.17, 15) is 14.7 Å². The smallest absolute Gasteiger partial charge is 0.332 e. The number of carbonyl (C=O) groups excluding carboxylic acids is 1. The normalized spacial score (nSPS) is 11.6. The molecule has 151 valence electrons. The van der Waals surface area contributed by atoms with Gasteiger partial charge in [-0.3, -0.25) is 4.79 Å². The van der Waals surface area contributed by atoms with E-state index in [0.717, 1.165) is 5.56 Å². The van der Waals surface area contributed by atoms with Gasteiger partial charge in [-0.2, -0.15) is 0 Å². The van der Waals surface area contributed by atoms with Gasteiger partial charge in [0.05, 0.1) is 5.69 Å². The second-order valence-corrected chi connectivity index (χ2v) is 7.90. The van der Waals surface area contributed by atoms with Crippen molar-refractivity contribution >= 4 is 23.4 Å². The minimum Gasteiger partial charge on any atom is -0.508 e. The monoisotopic (exact) mass is 402 g/mol. The molecule has 0 unspecified atom stereocenters. The summed E-state index contributed by atoms with van der Waals surface area (Å²) in [5.74, 6) is 0.423. The molecule has 0 bridgehead atoms. The first kappa shape index (κ1) is 19.4. The fraction of sp³-hybridized carbons (Fsp3) is 0.182. The largest absolute Gasteiger partial charge is 0.508 e. The Hall–Kier alpha value is -3.94. The number of nitrogens with zero attached hydrogens (tertiary/aromatic N) is 3. The third-order valence-corrected chi connectivity index (χ3v) is 4.76.